The average Bonchev–Trinajstić information content (AvgIpc) is 3.15. The van der Waals surface area contributed by atoms with Crippen molar-refractivity contribution in [3.63, 3.8) is 0 Å². The molecule has 2 atom stereocenters. The molecule has 11 heteroatoms. The second-order valence-corrected chi connectivity index (χ2v) is 10.0. The Kier molecular flexibility index (Phi) is 6.39. The lowest BCUT2D eigenvalue weighted by Crippen LogP contribution is -2.45. The summed E-state index contributed by atoms with van der Waals surface area (Å²) in [6.07, 6.45) is -5.02. The number of carbonyl (C=O) groups excluding carboxylic acids is 1. The lowest BCUT2D eigenvalue weighted by Gasteiger charge is -2.28. The number of benzene rings is 2. The highest BCUT2D eigenvalue weighted by atomic mass is 32.2. The Labute approximate surface area is 189 Å². The van der Waals surface area contributed by atoms with E-state index in [0.29, 0.717) is 5.75 Å². The lowest BCUT2D eigenvalue weighted by molar-refractivity contribution is -0.137. The summed E-state index contributed by atoms with van der Waals surface area (Å²) in [5.74, 6) is 0.0123. The molecule has 7 nitrogen and oxygen atoms in total. The summed E-state index contributed by atoms with van der Waals surface area (Å²) in [6.45, 7) is 0.350. The Morgan fingerprint density at radius 2 is 1.76 bits per heavy atom. The van der Waals surface area contributed by atoms with Crippen LogP contribution in [0.2, 0.25) is 0 Å². The van der Waals surface area contributed by atoms with Gasteiger partial charge in [-0.1, -0.05) is 12.1 Å². The van der Waals surface area contributed by atoms with E-state index in [1.165, 1.54) is 16.3 Å². The van der Waals surface area contributed by atoms with Crippen molar-refractivity contribution >= 4 is 15.9 Å². The van der Waals surface area contributed by atoms with E-state index in [1.54, 1.807) is 24.3 Å². The number of hydrogen-bond acceptors (Lipinski definition) is 5. The van der Waals surface area contributed by atoms with Crippen LogP contribution in [-0.2, 0) is 27.5 Å². The summed E-state index contributed by atoms with van der Waals surface area (Å²) < 4.78 is 76.6. The maximum Gasteiger partial charge on any atom is 0.416 e. The minimum absolute atomic E-state index is 0.00488. The third kappa shape index (κ3) is 4.99. The minimum atomic E-state index is -4.49. The maximum atomic E-state index is 13.0. The standard InChI is InChI=1S/C22H23F3N2O5S/c1-31-18-8-2-15(3-9-18)12-27-19-13-26(14-20(19)32-10-11-33(27,29)30)21(28)16-4-6-17(7-5-16)22(23,24)25/h2-9,19-20H,10-14H2,1H3/t19-,20+/m1/s1. The van der Waals surface area contributed by atoms with Gasteiger partial charge in [0.25, 0.3) is 5.91 Å². The summed E-state index contributed by atoms with van der Waals surface area (Å²) in [4.78, 5) is 14.4. The zero-order chi connectivity index (χ0) is 23.8. The first-order chi connectivity index (χ1) is 15.6. The van der Waals surface area contributed by atoms with E-state index in [9.17, 15) is 26.4 Å². The van der Waals surface area contributed by atoms with Crippen molar-refractivity contribution in [1.82, 2.24) is 9.21 Å². The highest BCUT2D eigenvalue weighted by Crippen LogP contribution is 2.31. The van der Waals surface area contributed by atoms with Gasteiger partial charge in [-0.05, 0) is 42.0 Å². The van der Waals surface area contributed by atoms with Gasteiger partial charge in [0.1, 0.15) is 5.75 Å². The van der Waals surface area contributed by atoms with Gasteiger partial charge in [-0.15, -0.1) is 0 Å². The molecule has 0 bridgehead atoms. The first-order valence-electron chi connectivity index (χ1n) is 10.3. The van der Waals surface area contributed by atoms with Crippen molar-refractivity contribution in [2.24, 2.45) is 0 Å². The van der Waals surface area contributed by atoms with Crippen LogP contribution < -0.4 is 4.74 Å². The van der Waals surface area contributed by atoms with Crippen molar-refractivity contribution in [1.29, 1.82) is 0 Å². The summed E-state index contributed by atoms with van der Waals surface area (Å²) in [7, 11) is -2.11. The second-order valence-electron chi connectivity index (χ2n) is 7.97. The molecule has 1 amide bonds. The maximum absolute atomic E-state index is 13.0. The van der Waals surface area contributed by atoms with Crippen LogP contribution in [0.3, 0.4) is 0 Å². The fourth-order valence-electron chi connectivity index (χ4n) is 4.10. The molecule has 178 valence electrons. The Bertz CT molecular complexity index is 1100. The summed E-state index contributed by atoms with van der Waals surface area (Å²) >= 11 is 0. The van der Waals surface area contributed by atoms with E-state index in [0.717, 1.165) is 29.8 Å². The van der Waals surface area contributed by atoms with Gasteiger partial charge in [0, 0.05) is 25.2 Å². The zero-order valence-corrected chi connectivity index (χ0v) is 18.6. The van der Waals surface area contributed by atoms with Crippen molar-refractivity contribution in [2.75, 3.05) is 32.6 Å². The molecule has 0 saturated carbocycles. The predicted molar refractivity (Wildman–Crippen MR) is 113 cm³/mol. The van der Waals surface area contributed by atoms with Gasteiger partial charge < -0.3 is 14.4 Å². The number of carbonyl (C=O) groups is 1. The minimum Gasteiger partial charge on any atom is -0.497 e. The number of alkyl halides is 3. The molecule has 2 fully saturated rings. The molecule has 2 aliphatic rings. The summed E-state index contributed by atoms with van der Waals surface area (Å²) in [5, 5.41) is 0. The molecule has 2 aliphatic heterocycles. The molecule has 0 N–H and O–H groups in total. The molecule has 0 aromatic heterocycles. The molecule has 0 spiro atoms. The highest BCUT2D eigenvalue weighted by molar-refractivity contribution is 7.89. The van der Waals surface area contributed by atoms with E-state index in [2.05, 4.69) is 0 Å². The van der Waals surface area contributed by atoms with Gasteiger partial charge in [-0.2, -0.15) is 17.5 Å². The van der Waals surface area contributed by atoms with Crippen LogP contribution in [0, 0.1) is 0 Å². The molecule has 0 radical (unpaired) electrons. The van der Waals surface area contributed by atoms with Crippen molar-refractivity contribution in [2.45, 2.75) is 24.9 Å². The first kappa shape index (κ1) is 23.5. The average molecular weight is 484 g/mol. The topological polar surface area (TPSA) is 76.2 Å². The van der Waals surface area contributed by atoms with Gasteiger partial charge in [0.15, 0.2) is 0 Å². The van der Waals surface area contributed by atoms with Crippen LogP contribution >= 0.6 is 0 Å². The van der Waals surface area contributed by atoms with Crippen LogP contribution in [0.15, 0.2) is 48.5 Å². The van der Waals surface area contributed by atoms with Crippen LogP contribution in [-0.4, -0.2) is 68.2 Å². The van der Waals surface area contributed by atoms with Crippen molar-refractivity contribution < 1.29 is 35.9 Å². The number of likely N-dealkylation sites (tertiary alicyclic amines) is 1. The highest BCUT2D eigenvalue weighted by Gasteiger charge is 2.45. The number of sulfonamides is 1. The van der Waals surface area contributed by atoms with Gasteiger partial charge in [-0.25, -0.2) is 8.42 Å². The SMILES string of the molecule is COc1ccc(CN2[C@@H]3CN(C(=O)c4ccc(C(F)(F)F)cc4)C[C@@H]3OCCS2(=O)=O)cc1. The smallest absolute Gasteiger partial charge is 0.416 e. The van der Waals surface area contributed by atoms with Crippen LogP contribution in [0.4, 0.5) is 13.2 Å². The zero-order valence-electron chi connectivity index (χ0n) is 17.8. The molecular weight excluding hydrogens is 461 g/mol. The van der Waals surface area contributed by atoms with Gasteiger partial charge in [-0.3, -0.25) is 4.79 Å². The normalized spacial score (nSPS) is 23.1. The Morgan fingerprint density at radius 1 is 1.09 bits per heavy atom. The van der Waals surface area contributed by atoms with E-state index < -0.39 is 39.8 Å². The quantitative estimate of drug-likeness (QED) is 0.667. The number of fused-ring (bicyclic) bond motifs is 1. The Balaban J connectivity index is 1.55. The number of ether oxygens (including phenoxy) is 2. The number of halogens is 3. The van der Waals surface area contributed by atoms with E-state index >= 15 is 0 Å². The Hall–Kier alpha value is -2.63. The van der Waals surface area contributed by atoms with E-state index in [-0.39, 0.29) is 37.6 Å². The largest absolute Gasteiger partial charge is 0.497 e. The number of hydrogen-bond donors (Lipinski definition) is 0. The summed E-state index contributed by atoms with van der Waals surface area (Å²) in [6, 6.07) is 10.4. The monoisotopic (exact) mass is 484 g/mol. The molecule has 2 saturated heterocycles. The van der Waals surface area contributed by atoms with Crippen molar-refractivity contribution in [3.8, 4) is 5.75 Å². The number of amides is 1. The van der Waals surface area contributed by atoms with Crippen LogP contribution in [0.5, 0.6) is 5.75 Å². The third-order valence-electron chi connectivity index (χ3n) is 5.88. The third-order valence-corrected chi connectivity index (χ3v) is 7.68. The second kappa shape index (κ2) is 8.96. The lowest BCUT2D eigenvalue weighted by atomic mass is 10.1. The van der Waals surface area contributed by atoms with E-state index in [1.807, 2.05) is 0 Å². The van der Waals surface area contributed by atoms with E-state index in [4.69, 9.17) is 9.47 Å². The molecule has 2 heterocycles. The molecule has 4 rings (SSSR count). The fourth-order valence-corrected chi connectivity index (χ4v) is 5.60. The van der Waals surface area contributed by atoms with Crippen LogP contribution in [0.1, 0.15) is 21.5 Å². The first-order valence-corrected chi connectivity index (χ1v) is 11.9. The molecule has 0 unspecified atom stereocenters. The fraction of sp³-hybridized carbons (Fsp3) is 0.409. The Morgan fingerprint density at radius 3 is 2.36 bits per heavy atom. The van der Waals surface area contributed by atoms with Crippen molar-refractivity contribution in [3.05, 3.63) is 65.2 Å². The van der Waals surface area contributed by atoms with Gasteiger partial charge in [0.05, 0.1) is 37.2 Å². The number of nitrogens with zero attached hydrogens (tertiary/aromatic N) is 2. The number of rotatable bonds is 4. The molecule has 2 aromatic rings. The number of methoxy groups -OCH3 is 1. The summed E-state index contributed by atoms with van der Waals surface area (Å²) in [5.41, 5.74) is 0.0160. The predicted octanol–water partition coefficient (Wildman–Crippen LogP) is 2.77. The molecule has 0 aliphatic carbocycles. The van der Waals surface area contributed by atoms with Gasteiger partial charge in [0.2, 0.25) is 10.0 Å². The van der Waals surface area contributed by atoms with Crippen LogP contribution in [0.25, 0.3) is 0 Å². The molecular formula is C22H23F3N2O5S. The molecule has 33 heavy (non-hydrogen) atoms. The van der Waals surface area contributed by atoms with Gasteiger partial charge >= 0.3 is 6.18 Å². The molecule has 2 aromatic carbocycles.